The quantitative estimate of drug-likeness (QED) is 0.855. The Morgan fingerprint density at radius 3 is 2.76 bits per heavy atom. The smallest absolute Gasteiger partial charge is 0.165 e. The Kier molecular flexibility index (Phi) is 3.09. The number of nitrogen functional groups attached to an aromatic ring is 1. The second-order valence-corrected chi connectivity index (χ2v) is 3.45. The lowest BCUT2D eigenvalue weighted by atomic mass is 10.3. The van der Waals surface area contributed by atoms with Gasteiger partial charge in [0.2, 0.25) is 0 Å². The molecule has 0 saturated heterocycles. The number of halogens is 1. The molecule has 0 atom stereocenters. The van der Waals surface area contributed by atoms with Crippen LogP contribution in [0.2, 0.25) is 0 Å². The maximum Gasteiger partial charge on any atom is 0.165 e. The lowest BCUT2D eigenvalue weighted by Crippen LogP contribution is -1.96. The normalized spacial score (nSPS) is 10.0. The molecule has 0 aliphatic carbocycles. The van der Waals surface area contributed by atoms with E-state index in [0.717, 1.165) is 0 Å². The second-order valence-electron chi connectivity index (χ2n) is 3.45. The molecular formula is C12H12FN3O. The average molecular weight is 233 g/mol. The fourth-order valence-corrected chi connectivity index (χ4v) is 1.36. The predicted octanol–water partition coefficient (Wildman–Crippen LogP) is 2.56. The maximum absolute atomic E-state index is 13.2. The van der Waals surface area contributed by atoms with Crippen LogP contribution in [0, 0.1) is 5.82 Å². The van der Waals surface area contributed by atoms with E-state index in [9.17, 15) is 4.39 Å². The topological polar surface area (TPSA) is 60.2 Å². The summed E-state index contributed by atoms with van der Waals surface area (Å²) in [5.74, 6) is 0.418. The number of benzene rings is 1. The molecule has 0 radical (unpaired) electrons. The molecule has 0 bridgehead atoms. The molecule has 0 amide bonds. The lowest BCUT2D eigenvalue weighted by Gasteiger charge is -2.08. The molecule has 0 fully saturated rings. The number of ether oxygens (including phenoxy) is 1. The molecule has 0 aliphatic rings. The summed E-state index contributed by atoms with van der Waals surface area (Å²) in [6, 6.07) is 7.98. The molecule has 0 saturated carbocycles. The van der Waals surface area contributed by atoms with Crippen LogP contribution in [0.15, 0.2) is 36.5 Å². The Labute approximate surface area is 98.2 Å². The van der Waals surface area contributed by atoms with E-state index in [1.807, 2.05) is 0 Å². The maximum atomic E-state index is 13.2. The summed E-state index contributed by atoms with van der Waals surface area (Å²) in [7, 11) is 1.42. The Hall–Kier alpha value is -2.30. The third-order valence-corrected chi connectivity index (χ3v) is 2.21. The minimum absolute atomic E-state index is 0.186. The van der Waals surface area contributed by atoms with Crippen molar-refractivity contribution in [2.45, 2.75) is 0 Å². The number of nitrogens with one attached hydrogen (secondary N) is 1. The molecule has 1 aromatic carbocycles. The van der Waals surface area contributed by atoms with Crippen molar-refractivity contribution in [2.24, 2.45) is 0 Å². The van der Waals surface area contributed by atoms with Gasteiger partial charge >= 0.3 is 0 Å². The molecular weight excluding hydrogens is 221 g/mol. The number of anilines is 3. The van der Waals surface area contributed by atoms with Crippen LogP contribution in [0.1, 0.15) is 0 Å². The zero-order chi connectivity index (χ0) is 12.3. The van der Waals surface area contributed by atoms with Gasteiger partial charge in [0.25, 0.3) is 0 Å². The van der Waals surface area contributed by atoms with Gasteiger partial charge in [-0.05, 0) is 24.3 Å². The van der Waals surface area contributed by atoms with Crippen LogP contribution in [-0.2, 0) is 0 Å². The zero-order valence-corrected chi connectivity index (χ0v) is 9.27. The largest absolute Gasteiger partial charge is 0.494 e. The van der Waals surface area contributed by atoms with Gasteiger partial charge < -0.3 is 15.8 Å². The number of methoxy groups -OCH3 is 1. The van der Waals surface area contributed by atoms with Crippen molar-refractivity contribution in [3.05, 3.63) is 42.3 Å². The molecule has 1 aromatic heterocycles. The van der Waals surface area contributed by atoms with Crippen molar-refractivity contribution < 1.29 is 9.13 Å². The van der Waals surface area contributed by atoms with E-state index < -0.39 is 5.82 Å². The Morgan fingerprint density at radius 1 is 1.29 bits per heavy atom. The van der Waals surface area contributed by atoms with Gasteiger partial charge in [0, 0.05) is 11.8 Å². The highest BCUT2D eigenvalue weighted by atomic mass is 19.1. The van der Waals surface area contributed by atoms with Crippen molar-refractivity contribution in [3.63, 3.8) is 0 Å². The molecule has 17 heavy (non-hydrogen) atoms. The molecule has 2 aromatic rings. The van der Waals surface area contributed by atoms with Crippen LogP contribution in [0.5, 0.6) is 5.75 Å². The minimum atomic E-state index is -0.400. The zero-order valence-electron chi connectivity index (χ0n) is 9.27. The van der Waals surface area contributed by atoms with Crippen LogP contribution in [-0.4, -0.2) is 12.1 Å². The van der Waals surface area contributed by atoms with Crippen LogP contribution in [0.4, 0.5) is 21.6 Å². The number of aromatic nitrogens is 1. The molecule has 4 nitrogen and oxygen atoms in total. The van der Waals surface area contributed by atoms with Crippen molar-refractivity contribution in [3.8, 4) is 5.75 Å². The van der Waals surface area contributed by atoms with Gasteiger partial charge in [-0.2, -0.15) is 0 Å². The van der Waals surface area contributed by atoms with Crippen molar-refractivity contribution in [1.82, 2.24) is 4.98 Å². The summed E-state index contributed by atoms with van der Waals surface area (Å²) >= 11 is 0. The number of hydrogen-bond donors (Lipinski definition) is 2. The van der Waals surface area contributed by atoms with Crippen molar-refractivity contribution >= 4 is 17.2 Å². The molecule has 5 heteroatoms. The number of pyridine rings is 1. The molecule has 0 aliphatic heterocycles. The SMILES string of the molecule is COc1cc(Nc2ccc(N)cn2)ccc1F. The molecule has 2 rings (SSSR count). The molecule has 0 unspecified atom stereocenters. The van der Waals surface area contributed by atoms with Gasteiger partial charge in [-0.15, -0.1) is 0 Å². The third-order valence-electron chi connectivity index (χ3n) is 2.21. The Bertz CT molecular complexity index is 514. The van der Waals surface area contributed by atoms with Crippen LogP contribution in [0.25, 0.3) is 0 Å². The first-order chi connectivity index (χ1) is 8.19. The van der Waals surface area contributed by atoms with Gasteiger partial charge in [-0.3, -0.25) is 0 Å². The van der Waals surface area contributed by atoms with E-state index in [4.69, 9.17) is 10.5 Å². The fraction of sp³-hybridized carbons (Fsp3) is 0.0833. The van der Waals surface area contributed by atoms with E-state index >= 15 is 0 Å². The second kappa shape index (κ2) is 4.69. The first kappa shape index (κ1) is 11.2. The molecule has 3 N–H and O–H groups in total. The fourth-order valence-electron chi connectivity index (χ4n) is 1.36. The summed E-state index contributed by atoms with van der Waals surface area (Å²) in [5.41, 5.74) is 6.81. The molecule has 88 valence electrons. The van der Waals surface area contributed by atoms with E-state index in [1.54, 1.807) is 30.5 Å². The minimum Gasteiger partial charge on any atom is -0.494 e. The summed E-state index contributed by atoms with van der Waals surface area (Å²) in [6.07, 6.45) is 1.54. The van der Waals surface area contributed by atoms with E-state index in [2.05, 4.69) is 10.3 Å². The number of hydrogen-bond acceptors (Lipinski definition) is 4. The Balaban J connectivity index is 2.21. The van der Waals surface area contributed by atoms with E-state index in [0.29, 0.717) is 17.2 Å². The van der Waals surface area contributed by atoms with Gasteiger partial charge in [-0.1, -0.05) is 0 Å². The van der Waals surface area contributed by atoms with Crippen LogP contribution in [0.3, 0.4) is 0 Å². The van der Waals surface area contributed by atoms with Gasteiger partial charge in [0.05, 0.1) is 19.0 Å². The van der Waals surface area contributed by atoms with Crippen LogP contribution >= 0.6 is 0 Å². The number of nitrogens with two attached hydrogens (primary N) is 1. The summed E-state index contributed by atoms with van der Waals surface area (Å²) in [4.78, 5) is 4.08. The summed E-state index contributed by atoms with van der Waals surface area (Å²) in [5, 5.41) is 3.02. The molecule has 1 heterocycles. The van der Waals surface area contributed by atoms with E-state index in [1.165, 1.54) is 13.2 Å². The Morgan fingerprint density at radius 2 is 2.12 bits per heavy atom. The average Bonchev–Trinajstić information content (AvgIpc) is 2.34. The summed E-state index contributed by atoms with van der Waals surface area (Å²) in [6.45, 7) is 0. The van der Waals surface area contributed by atoms with Gasteiger partial charge in [-0.25, -0.2) is 9.37 Å². The number of rotatable bonds is 3. The first-order valence-corrected chi connectivity index (χ1v) is 5.01. The monoisotopic (exact) mass is 233 g/mol. The van der Waals surface area contributed by atoms with Crippen molar-refractivity contribution in [2.75, 3.05) is 18.2 Å². The highest BCUT2D eigenvalue weighted by molar-refractivity contribution is 5.59. The standard InChI is InChI=1S/C12H12FN3O/c1-17-11-6-9(3-4-10(11)13)16-12-5-2-8(14)7-15-12/h2-7H,14H2,1H3,(H,15,16). The van der Waals surface area contributed by atoms with Gasteiger partial charge in [0.15, 0.2) is 11.6 Å². The first-order valence-electron chi connectivity index (χ1n) is 5.01. The highest BCUT2D eigenvalue weighted by Gasteiger charge is 2.03. The molecule has 0 spiro atoms. The highest BCUT2D eigenvalue weighted by Crippen LogP contribution is 2.23. The van der Waals surface area contributed by atoms with Crippen molar-refractivity contribution in [1.29, 1.82) is 0 Å². The van der Waals surface area contributed by atoms with Gasteiger partial charge in [0.1, 0.15) is 5.82 Å². The lowest BCUT2D eigenvalue weighted by molar-refractivity contribution is 0.387. The predicted molar refractivity (Wildman–Crippen MR) is 64.9 cm³/mol. The summed E-state index contributed by atoms with van der Waals surface area (Å²) < 4.78 is 18.1. The van der Waals surface area contributed by atoms with Crippen LogP contribution < -0.4 is 15.8 Å². The third kappa shape index (κ3) is 2.63. The number of nitrogens with zero attached hydrogens (tertiary/aromatic N) is 1. The van der Waals surface area contributed by atoms with E-state index in [-0.39, 0.29) is 5.75 Å².